The molecule has 50 heavy (non-hydrogen) atoms. The van der Waals surface area contributed by atoms with Gasteiger partial charge >= 0.3 is 0 Å². The molecule has 7 aromatic carbocycles. The molecule has 0 saturated carbocycles. The van der Waals surface area contributed by atoms with Crippen molar-refractivity contribution in [1.29, 1.82) is 0 Å². The molecule has 0 unspecified atom stereocenters. The SMILES string of the molecule is Cc1ccc2c(c1)Oc1cccc3nc(-n4c5ccccc5c5cc(-c6ccc7c(c6)c6ccccc6n7-c6ccccc6)ccc54)nc-2c13. The molecule has 0 N–H and O–H groups in total. The molecule has 10 aromatic rings. The van der Waals surface area contributed by atoms with Crippen molar-refractivity contribution >= 4 is 54.5 Å². The molecule has 4 heterocycles. The Kier molecular flexibility index (Phi) is 5.53. The van der Waals surface area contributed by atoms with Gasteiger partial charge in [0.15, 0.2) is 0 Å². The second-order valence-corrected chi connectivity index (χ2v) is 13.1. The minimum Gasteiger partial charge on any atom is -0.456 e. The quantitative estimate of drug-likeness (QED) is 0.193. The van der Waals surface area contributed by atoms with Gasteiger partial charge in [0.25, 0.3) is 0 Å². The topological polar surface area (TPSA) is 44.9 Å². The number of aromatic nitrogens is 4. The highest BCUT2D eigenvalue weighted by molar-refractivity contribution is 6.13. The summed E-state index contributed by atoms with van der Waals surface area (Å²) in [4.78, 5) is 10.4. The lowest BCUT2D eigenvalue weighted by atomic mass is 10.0. The van der Waals surface area contributed by atoms with Crippen LogP contribution >= 0.6 is 0 Å². The molecule has 0 saturated heterocycles. The molecule has 3 aromatic heterocycles. The predicted molar refractivity (Wildman–Crippen MR) is 204 cm³/mol. The molecule has 11 rings (SSSR count). The van der Waals surface area contributed by atoms with Gasteiger partial charge in [-0.05, 0) is 96.4 Å². The van der Waals surface area contributed by atoms with Gasteiger partial charge in [-0.3, -0.25) is 4.57 Å². The fraction of sp³-hybridized carbons (Fsp3) is 0.0222. The van der Waals surface area contributed by atoms with Crippen molar-refractivity contribution in [2.75, 3.05) is 0 Å². The molecule has 0 atom stereocenters. The molecule has 1 aliphatic heterocycles. The Morgan fingerprint density at radius 1 is 0.480 bits per heavy atom. The number of benzene rings is 7. The van der Waals surface area contributed by atoms with E-state index in [1.807, 2.05) is 18.2 Å². The summed E-state index contributed by atoms with van der Waals surface area (Å²) >= 11 is 0. The Hall–Kier alpha value is -6.72. The van der Waals surface area contributed by atoms with Crippen molar-refractivity contribution in [3.05, 3.63) is 157 Å². The summed E-state index contributed by atoms with van der Waals surface area (Å²) in [7, 11) is 0. The van der Waals surface area contributed by atoms with Gasteiger partial charge in [-0.2, -0.15) is 0 Å². The van der Waals surface area contributed by atoms with Crippen molar-refractivity contribution in [3.63, 3.8) is 0 Å². The third kappa shape index (κ3) is 3.83. The number of para-hydroxylation sites is 3. The second kappa shape index (κ2) is 10.1. The third-order valence-corrected chi connectivity index (χ3v) is 10.2. The first kappa shape index (κ1) is 27.3. The molecule has 0 radical (unpaired) electrons. The van der Waals surface area contributed by atoms with Crippen molar-refractivity contribution in [3.8, 4) is 45.5 Å². The van der Waals surface area contributed by atoms with E-state index in [0.29, 0.717) is 5.95 Å². The summed E-state index contributed by atoms with van der Waals surface area (Å²) in [5, 5.41) is 5.75. The number of hydrogen-bond acceptors (Lipinski definition) is 3. The molecule has 0 spiro atoms. The Morgan fingerprint density at radius 3 is 1.86 bits per heavy atom. The van der Waals surface area contributed by atoms with E-state index in [9.17, 15) is 0 Å². The zero-order valence-electron chi connectivity index (χ0n) is 27.1. The zero-order valence-corrected chi connectivity index (χ0v) is 27.1. The largest absolute Gasteiger partial charge is 0.456 e. The van der Waals surface area contributed by atoms with E-state index in [1.54, 1.807) is 0 Å². The number of ether oxygens (including phenoxy) is 1. The highest BCUT2D eigenvalue weighted by Crippen LogP contribution is 2.46. The maximum atomic E-state index is 6.34. The lowest BCUT2D eigenvalue weighted by molar-refractivity contribution is 0.486. The Morgan fingerprint density at radius 2 is 1.12 bits per heavy atom. The first-order chi connectivity index (χ1) is 24.7. The number of hydrogen-bond donors (Lipinski definition) is 0. The van der Waals surface area contributed by atoms with Crippen molar-refractivity contribution in [1.82, 2.24) is 19.1 Å². The molecule has 5 heteroatoms. The van der Waals surface area contributed by atoms with Crippen LogP contribution in [0.5, 0.6) is 11.5 Å². The van der Waals surface area contributed by atoms with Crippen LogP contribution in [0, 0.1) is 6.92 Å². The van der Waals surface area contributed by atoms with E-state index in [0.717, 1.165) is 66.7 Å². The van der Waals surface area contributed by atoms with Gasteiger partial charge in [0.05, 0.1) is 38.7 Å². The van der Waals surface area contributed by atoms with Crippen LogP contribution in [0.15, 0.2) is 152 Å². The molecule has 5 nitrogen and oxygen atoms in total. The number of nitrogens with zero attached hydrogens (tertiary/aromatic N) is 4. The first-order valence-corrected chi connectivity index (χ1v) is 16.9. The predicted octanol–water partition coefficient (Wildman–Crippen LogP) is 11.6. The van der Waals surface area contributed by atoms with E-state index in [4.69, 9.17) is 14.7 Å². The molecule has 0 bridgehead atoms. The van der Waals surface area contributed by atoms with Crippen LogP contribution in [0.25, 0.3) is 88.5 Å². The van der Waals surface area contributed by atoms with Gasteiger partial charge < -0.3 is 9.30 Å². The lowest BCUT2D eigenvalue weighted by Gasteiger charge is -2.21. The summed E-state index contributed by atoms with van der Waals surface area (Å²) < 4.78 is 10.9. The van der Waals surface area contributed by atoms with E-state index < -0.39 is 0 Å². The maximum absolute atomic E-state index is 6.34. The second-order valence-electron chi connectivity index (χ2n) is 13.1. The monoisotopic (exact) mass is 640 g/mol. The average molecular weight is 641 g/mol. The molecule has 1 aliphatic rings. The number of aryl methyl sites for hydroxylation is 1. The number of fused-ring (bicyclic) bond motifs is 8. The highest BCUT2D eigenvalue weighted by Gasteiger charge is 2.25. The van der Waals surface area contributed by atoms with Crippen LogP contribution in [0.1, 0.15) is 5.56 Å². The van der Waals surface area contributed by atoms with E-state index in [2.05, 4.69) is 150 Å². The van der Waals surface area contributed by atoms with Gasteiger partial charge in [-0.15, -0.1) is 0 Å². The Labute approximate surface area is 287 Å². The van der Waals surface area contributed by atoms with E-state index >= 15 is 0 Å². The first-order valence-electron chi connectivity index (χ1n) is 16.9. The smallest absolute Gasteiger partial charge is 0.235 e. The summed E-state index contributed by atoms with van der Waals surface area (Å²) in [6.07, 6.45) is 0. The number of rotatable bonds is 3. The maximum Gasteiger partial charge on any atom is 0.235 e. The summed E-state index contributed by atoms with van der Waals surface area (Å²) in [6.45, 7) is 2.08. The summed E-state index contributed by atoms with van der Waals surface area (Å²) in [5.41, 5.74) is 11.9. The fourth-order valence-corrected chi connectivity index (χ4v) is 7.92. The van der Waals surface area contributed by atoms with Gasteiger partial charge in [-0.1, -0.05) is 78.9 Å². The van der Waals surface area contributed by atoms with Crippen molar-refractivity contribution < 1.29 is 4.74 Å². The normalized spacial score (nSPS) is 12.3. The van der Waals surface area contributed by atoms with Crippen molar-refractivity contribution in [2.45, 2.75) is 6.92 Å². The van der Waals surface area contributed by atoms with Crippen LogP contribution in [-0.4, -0.2) is 19.1 Å². The van der Waals surface area contributed by atoms with E-state index in [-0.39, 0.29) is 0 Å². The van der Waals surface area contributed by atoms with Gasteiger partial charge in [0, 0.05) is 32.8 Å². The highest BCUT2D eigenvalue weighted by atomic mass is 16.5. The molecule has 0 aliphatic carbocycles. The van der Waals surface area contributed by atoms with Gasteiger partial charge in [-0.25, -0.2) is 9.97 Å². The van der Waals surface area contributed by atoms with Crippen LogP contribution < -0.4 is 4.74 Å². The van der Waals surface area contributed by atoms with Gasteiger partial charge in [0.1, 0.15) is 11.5 Å². The minimum atomic E-state index is 0.646. The van der Waals surface area contributed by atoms with Crippen molar-refractivity contribution in [2.24, 2.45) is 0 Å². The van der Waals surface area contributed by atoms with Crippen LogP contribution in [0.4, 0.5) is 0 Å². The standard InChI is InChI=1S/C45H28N4O/c1-27-18-21-33-42(24-27)50-41-17-9-14-36-43(41)44(33)47-45(46-36)49-38-16-8-6-13-32(38)35-26-29(20-23-40(35)49)28-19-22-39-34(25-28)31-12-5-7-15-37(31)48(39)30-10-3-2-4-11-30/h2-26H,1H3. The van der Waals surface area contributed by atoms with Crippen LogP contribution in [0.3, 0.4) is 0 Å². The molecule has 234 valence electrons. The molecular weight excluding hydrogens is 613 g/mol. The minimum absolute atomic E-state index is 0.646. The fourth-order valence-electron chi connectivity index (χ4n) is 7.92. The zero-order chi connectivity index (χ0) is 32.9. The average Bonchev–Trinajstić information content (AvgIpc) is 3.67. The van der Waals surface area contributed by atoms with E-state index in [1.165, 1.54) is 32.9 Å². The lowest BCUT2D eigenvalue weighted by Crippen LogP contribution is -2.06. The molecule has 0 fully saturated rings. The molecular formula is C45H28N4O. The van der Waals surface area contributed by atoms with Gasteiger partial charge in [0.2, 0.25) is 5.95 Å². The van der Waals surface area contributed by atoms with Crippen LogP contribution in [0.2, 0.25) is 0 Å². The Balaban J connectivity index is 1.12. The summed E-state index contributed by atoms with van der Waals surface area (Å²) in [6, 6.07) is 53.8. The van der Waals surface area contributed by atoms with Crippen LogP contribution in [-0.2, 0) is 0 Å². The molecule has 0 amide bonds. The third-order valence-electron chi connectivity index (χ3n) is 10.2. The Bertz CT molecular complexity index is 3030. The summed E-state index contributed by atoms with van der Waals surface area (Å²) in [5.74, 6) is 2.26.